The molecule has 0 unspecified atom stereocenters. The van der Waals surface area contributed by atoms with Crippen LogP contribution in [0, 0.1) is 17.3 Å². The third kappa shape index (κ3) is 3.59. The highest BCUT2D eigenvalue weighted by Gasteiger charge is 2.60. The Morgan fingerprint density at radius 3 is 2.54 bits per heavy atom. The minimum absolute atomic E-state index is 0.0130. The summed E-state index contributed by atoms with van der Waals surface area (Å²) in [5, 5.41) is 3.30. The van der Waals surface area contributed by atoms with Gasteiger partial charge in [0.1, 0.15) is 5.75 Å². The van der Waals surface area contributed by atoms with E-state index in [1.54, 1.807) is 30.1 Å². The Morgan fingerprint density at radius 2 is 1.93 bits per heavy atom. The van der Waals surface area contributed by atoms with Gasteiger partial charge in [0.05, 0.1) is 24.8 Å². The highest BCUT2D eigenvalue weighted by Crippen LogP contribution is 2.64. The number of halogens is 2. The summed E-state index contributed by atoms with van der Waals surface area (Å²) in [6, 6.07) is 5.03. The normalized spacial score (nSPS) is 32.9. The second-order valence-corrected chi connectivity index (χ2v) is 10.2. The molecule has 0 aliphatic heterocycles. The second-order valence-electron chi connectivity index (χ2n) is 8.95. The molecule has 1 aromatic rings. The lowest BCUT2D eigenvalue weighted by atomic mass is 9.49. The first-order valence-corrected chi connectivity index (χ1v) is 10.6. The number of carbonyl (C=O) groups excluding carboxylic acids is 2. The summed E-state index contributed by atoms with van der Waals surface area (Å²) in [7, 11) is 3.24. The maximum absolute atomic E-state index is 13.3. The Kier molecular flexibility index (Phi) is 5.03. The van der Waals surface area contributed by atoms with Crippen molar-refractivity contribution in [1.82, 2.24) is 4.90 Å². The van der Waals surface area contributed by atoms with Gasteiger partial charge in [0.15, 0.2) is 0 Å². The number of methoxy groups -OCH3 is 1. The molecule has 152 valence electrons. The van der Waals surface area contributed by atoms with Gasteiger partial charge >= 0.3 is 0 Å². The molecule has 4 aliphatic rings. The molecule has 0 aromatic heterocycles. The molecule has 7 heteroatoms. The van der Waals surface area contributed by atoms with Crippen molar-refractivity contribution in [3.05, 3.63) is 23.2 Å². The predicted molar refractivity (Wildman–Crippen MR) is 110 cm³/mol. The largest absolute Gasteiger partial charge is 0.495 e. The molecule has 4 saturated carbocycles. The van der Waals surface area contributed by atoms with Gasteiger partial charge in [-0.3, -0.25) is 9.59 Å². The van der Waals surface area contributed by atoms with E-state index in [1.165, 1.54) is 13.5 Å². The molecule has 4 bridgehead atoms. The van der Waals surface area contributed by atoms with Crippen molar-refractivity contribution < 1.29 is 14.3 Å². The molecular weight excluding hydrogens is 399 g/mol. The third-order valence-electron chi connectivity index (χ3n) is 6.61. The molecule has 0 radical (unpaired) electrons. The van der Waals surface area contributed by atoms with Crippen molar-refractivity contribution in [2.75, 3.05) is 26.0 Å². The van der Waals surface area contributed by atoms with E-state index in [2.05, 4.69) is 5.32 Å². The zero-order valence-electron chi connectivity index (χ0n) is 16.3. The maximum Gasteiger partial charge on any atom is 0.244 e. The first kappa shape index (κ1) is 19.8. The van der Waals surface area contributed by atoms with Crippen LogP contribution in [0.5, 0.6) is 5.75 Å². The number of rotatable bonds is 5. The van der Waals surface area contributed by atoms with Crippen LogP contribution in [0.15, 0.2) is 18.2 Å². The number of hydrogen-bond donors (Lipinski definition) is 1. The Balaban J connectivity index is 1.44. The molecule has 4 aliphatic carbocycles. The fourth-order valence-corrected chi connectivity index (χ4v) is 6.93. The Labute approximate surface area is 175 Å². The van der Waals surface area contributed by atoms with Crippen LogP contribution in [-0.2, 0) is 9.59 Å². The Bertz CT molecular complexity index is 799. The van der Waals surface area contributed by atoms with E-state index in [4.69, 9.17) is 27.9 Å². The molecule has 5 rings (SSSR count). The van der Waals surface area contributed by atoms with E-state index in [-0.39, 0.29) is 23.2 Å². The van der Waals surface area contributed by atoms with Gasteiger partial charge in [-0.2, -0.15) is 0 Å². The quantitative estimate of drug-likeness (QED) is 0.715. The number of alkyl halides is 1. The third-order valence-corrected chi connectivity index (χ3v) is 7.28. The number of hydrogen-bond acceptors (Lipinski definition) is 3. The molecule has 2 atom stereocenters. The smallest absolute Gasteiger partial charge is 0.244 e. The van der Waals surface area contributed by atoms with Crippen molar-refractivity contribution in [3.63, 3.8) is 0 Å². The summed E-state index contributed by atoms with van der Waals surface area (Å²) in [5.41, 5.74) is 0.101. The van der Waals surface area contributed by atoms with E-state index in [0.717, 1.165) is 32.1 Å². The van der Waals surface area contributed by atoms with Crippen LogP contribution in [-0.4, -0.2) is 42.3 Å². The molecule has 0 heterocycles. The second kappa shape index (κ2) is 7.10. The number of amides is 2. The highest BCUT2D eigenvalue weighted by atomic mass is 35.5. The number of nitrogens with zero attached hydrogens (tertiary/aromatic N) is 1. The molecule has 2 amide bonds. The van der Waals surface area contributed by atoms with E-state index < -0.39 is 5.41 Å². The van der Waals surface area contributed by atoms with Gasteiger partial charge in [-0.25, -0.2) is 0 Å². The SMILES string of the molecule is COc1ccc(Cl)cc1NC(=O)CN(C)C(=O)C12C[C@H]3C[C@@H](CC(Cl)(C3)C1)C2. The van der Waals surface area contributed by atoms with Crippen molar-refractivity contribution in [3.8, 4) is 5.75 Å². The summed E-state index contributed by atoms with van der Waals surface area (Å²) in [6.07, 6.45) is 5.80. The molecule has 4 fully saturated rings. The number of likely N-dealkylation sites (N-methyl/N-ethyl adjacent to an activating group) is 1. The van der Waals surface area contributed by atoms with E-state index in [0.29, 0.717) is 28.3 Å². The topological polar surface area (TPSA) is 58.6 Å². The standard InChI is InChI=1S/C21H26Cl2N2O3/c1-25(11-18(26)24-16-6-15(22)3-4-17(16)28-2)19(27)20-7-13-5-14(8-20)10-21(23,9-13)12-20/h3-4,6,13-14H,5,7-12H2,1-2H3,(H,24,26)/t13-,14-,20?,21?/m1/s1. The van der Waals surface area contributed by atoms with Crippen LogP contribution in [0.25, 0.3) is 0 Å². The fourth-order valence-electron chi connectivity index (χ4n) is 6.06. The molecule has 0 spiro atoms. The van der Waals surface area contributed by atoms with E-state index in [1.807, 2.05) is 0 Å². The number of nitrogens with one attached hydrogen (secondary N) is 1. The number of carbonyl (C=O) groups is 2. The van der Waals surface area contributed by atoms with E-state index in [9.17, 15) is 9.59 Å². The molecule has 1 aromatic carbocycles. The summed E-state index contributed by atoms with van der Waals surface area (Å²) in [6.45, 7) is -0.0130. The van der Waals surface area contributed by atoms with Crippen LogP contribution < -0.4 is 10.1 Å². The predicted octanol–water partition coefficient (Wildman–Crippen LogP) is 4.32. The Hall–Kier alpha value is -1.46. The van der Waals surface area contributed by atoms with E-state index >= 15 is 0 Å². The van der Waals surface area contributed by atoms with Gasteiger partial charge in [0.25, 0.3) is 0 Å². The van der Waals surface area contributed by atoms with Gasteiger partial charge in [0.2, 0.25) is 11.8 Å². The van der Waals surface area contributed by atoms with Crippen LogP contribution in [0.4, 0.5) is 5.69 Å². The average molecular weight is 425 g/mol. The van der Waals surface area contributed by atoms with Crippen LogP contribution in [0.2, 0.25) is 5.02 Å². The average Bonchev–Trinajstić information content (AvgIpc) is 2.59. The summed E-state index contributed by atoms with van der Waals surface area (Å²) >= 11 is 12.9. The van der Waals surface area contributed by atoms with Gasteiger partial charge in [0, 0.05) is 16.9 Å². The zero-order valence-corrected chi connectivity index (χ0v) is 17.8. The minimum atomic E-state index is -0.394. The zero-order chi connectivity index (χ0) is 20.1. The van der Waals surface area contributed by atoms with Crippen LogP contribution >= 0.6 is 23.2 Å². The minimum Gasteiger partial charge on any atom is -0.495 e. The summed E-state index contributed by atoms with van der Waals surface area (Å²) in [4.78, 5) is 27.2. The van der Waals surface area contributed by atoms with Crippen molar-refractivity contribution in [2.24, 2.45) is 17.3 Å². The van der Waals surface area contributed by atoms with Gasteiger partial charge < -0.3 is 15.0 Å². The maximum atomic E-state index is 13.3. The molecule has 1 N–H and O–H groups in total. The van der Waals surface area contributed by atoms with Crippen LogP contribution in [0.3, 0.4) is 0 Å². The Morgan fingerprint density at radius 1 is 1.25 bits per heavy atom. The molecular formula is C21H26Cl2N2O3. The highest BCUT2D eigenvalue weighted by molar-refractivity contribution is 6.31. The lowest BCUT2D eigenvalue weighted by Gasteiger charge is -2.59. The fraction of sp³-hybridized carbons (Fsp3) is 0.619. The van der Waals surface area contributed by atoms with Crippen molar-refractivity contribution >= 4 is 40.7 Å². The van der Waals surface area contributed by atoms with Crippen LogP contribution in [0.1, 0.15) is 38.5 Å². The van der Waals surface area contributed by atoms with Gasteiger partial charge in [-0.15, -0.1) is 11.6 Å². The van der Waals surface area contributed by atoms with Gasteiger partial charge in [-0.1, -0.05) is 11.6 Å². The number of anilines is 1. The van der Waals surface area contributed by atoms with Crippen molar-refractivity contribution in [2.45, 2.75) is 43.4 Å². The molecule has 0 saturated heterocycles. The summed E-state index contributed by atoms with van der Waals surface area (Å²) in [5.74, 6) is 1.39. The monoisotopic (exact) mass is 424 g/mol. The first-order chi connectivity index (χ1) is 13.2. The number of ether oxygens (including phenoxy) is 1. The molecule has 5 nitrogen and oxygen atoms in total. The first-order valence-electron chi connectivity index (χ1n) is 9.80. The van der Waals surface area contributed by atoms with Crippen molar-refractivity contribution in [1.29, 1.82) is 0 Å². The summed E-state index contributed by atoms with van der Waals surface area (Å²) < 4.78 is 5.26. The lowest BCUT2D eigenvalue weighted by Crippen LogP contribution is -2.59. The lowest BCUT2D eigenvalue weighted by molar-refractivity contribution is -0.155. The number of benzene rings is 1. The van der Waals surface area contributed by atoms with Gasteiger partial charge in [-0.05, 0) is 68.6 Å². The molecule has 28 heavy (non-hydrogen) atoms.